The number of nitrogens with one attached hydrogen (secondary N) is 2. The zero-order valence-electron chi connectivity index (χ0n) is 15.2. The zero-order chi connectivity index (χ0) is 17.6. The van der Waals surface area contributed by atoms with Crippen molar-refractivity contribution in [3.63, 3.8) is 0 Å². The van der Waals surface area contributed by atoms with Gasteiger partial charge in [0.1, 0.15) is 0 Å². The maximum Gasteiger partial charge on any atom is 0.254 e. The molecule has 1 amide bonds. The van der Waals surface area contributed by atoms with Crippen LogP contribution < -0.4 is 5.32 Å². The van der Waals surface area contributed by atoms with Crippen molar-refractivity contribution in [3.8, 4) is 0 Å². The van der Waals surface area contributed by atoms with Crippen LogP contribution in [0.15, 0.2) is 18.2 Å². The molecule has 1 aromatic carbocycles. The monoisotopic (exact) mass is 340 g/mol. The van der Waals surface area contributed by atoms with E-state index in [9.17, 15) is 4.79 Å². The summed E-state index contributed by atoms with van der Waals surface area (Å²) in [5.74, 6) is 0.741. The minimum atomic E-state index is 0.114. The number of hydrogen-bond donors (Lipinski definition) is 2. The lowest BCUT2D eigenvalue weighted by Crippen LogP contribution is -2.58. The molecule has 25 heavy (non-hydrogen) atoms. The molecule has 1 unspecified atom stereocenters. The van der Waals surface area contributed by atoms with Gasteiger partial charge in [-0.3, -0.25) is 4.79 Å². The van der Waals surface area contributed by atoms with Crippen LogP contribution in [-0.2, 0) is 0 Å². The molecule has 2 bridgehead atoms. The fraction of sp³-hybridized carbons (Fsp3) is 0.600. The van der Waals surface area contributed by atoms with Gasteiger partial charge >= 0.3 is 0 Å². The van der Waals surface area contributed by atoms with Crippen molar-refractivity contribution in [1.82, 2.24) is 9.80 Å². The van der Waals surface area contributed by atoms with E-state index in [4.69, 9.17) is 5.41 Å². The summed E-state index contributed by atoms with van der Waals surface area (Å²) >= 11 is 0. The smallest absolute Gasteiger partial charge is 0.254 e. The quantitative estimate of drug-likeness (QED) is 0.889. The number of rotatable bonds is 3. The lowest BCUT2D eigenvalue weighted by Gasteiger charge is -2.48. The molecule has 5 rings (SSSR count). The van der Waals surface area contributed by atoms with Crippen molar-refractivity contribution >= 4 is 17.3 Å². The van der Waals surface area contributed by atoms with E-state index in [2.05, 4.69) is 29.0 Å². The summed E-state index contributed by atoms with van der Waals surface area (Å²) in [7, 11) is 0. The van der Waals surface area contributed by atoms with Gasteiger partial charge in [0, 0.05) is 48.6 Å². The molecular weight excluding hydrogens is 312 g/mol. The maximum absolute atomic E-state index is 13.4. The number of carbonyl (C=O) groups excluding carboxylic acids is 1. The SMILES string of the molecule is CC(C)Nc1cccc2c1C(=N)CCN(C1CN3CCC1CC3)C2=O. The Morgan fingerprint density at radius 1 is 1.20 bits per heavy atom. The molecule has 1 aromatic rings. The Hall–Kier alpha value is -1.88. The van der Waals surface area contributed by atoms with E-state index < -0.39 is 0 Å². The maximum atomic E-state index is 13.4. The minimum absolute atomic E-state index is 0.114. The molecule has 4 aliphatic heterocycles. The van der Waals surface area contributed by atoms with Gasteiger partial charge in [0.2, 0.25) is 0 Å². The van der Waals surface area contributed by atoms with Gasteiger partial charge in [0.15, 0.2) is 0 Å². The molecule has 134 valence electrons. The molecule has 0 radical (unpaired) electrons. The highest BCUT2D eigenvalue weighted by molar-refractivity contribution is 6.14. The first-order valence-corrected chi connectivity index (χ1v) is 9.55. The van der Waals surface area contributed by atoms with Crippen LogP contribution in [-0.4, -0.2) is 59.7 Å². The van der Waals surface area contributed by atoms with Crippen molar-refractivity contribution in [2.24, 2.45) is 5.92 Å². The summed E-state index contributed by atoms with van der Waals surface area (Å²) in [6.45, 7) is 8.20. The van der Waals surface area contributed by atoms with E-state index in [1.807, 2.05) is 18.2 Å². The third-order valence-electron chi connectivity index (χ3n) is 5.93. The molecule has 3 saturated heterocycles. The normalized spacial score (nSPS) is 28.9. The number of carbonyl (C=O) groups is 1. The first-order chi connectivity index (χ1) is 12.0. The molecule has 4 aliphatic rings. The Morgan fingerprint density at radius 2 is 1.96 bits per heavy atom. The largest absolute Gasteiger partial charge is 0.382 e. The number of fused-ring (bicyclic) bond motifs is 4. The van der Waals surface area contributed by atoms with Gasteiger partial charge in [-0.1, -0.05) is 6.07 Å². The molecule has 0 aromatic heterocycles. The average molecular weight is 340 g/mol. The fourth-order valence-electron chi connectivity index (χ4n) is 4.70. The van der Waals surface area contributed by atoms with Gasteiger partial charge < -0.3 is 20.5 Å². The van der Waals surface area contributed by atoms with Crippen LogP contribution in [0.25, 0.3) is 0 Å². The summed E-state index contributed by atoms with van der Waals surface area (Å²) in [6, 6.07) is 6.42. The van der Waals surface area contributed by atoms with Crippen molar-refractivity contribution in [3.05, 3.63) is 29.3 Å². The second kappa shape index (κ2) is 6.45. The fourth-order valence-corrected chi connectivity index (χ4v) is 4.70. The van der Waals surface area contributed by atoms with Crippen LogP contribution in [0.3, 0.4) is 0 Å². The highest BCUT2D eigenvalue weighted by Crippen LogP contribution is 2.34. The van der Waals surface area contributed by atoms with Crippen molar-refractivity contribution in [2.75, 3.05) is 31.5 Å². The molecule has 5 nitrogen and oxygen atoms in total. The highest BCUT2D eigenvalue weighted by Gasteiger charge is 2.41. The second-order valence-electron chi connectivity index (χ2n) is 7.96. The van der Waals surface area contributed by atoms with Crippen LogP contribution in [0.4, 0.5) is 5.69 Å². The first-order valence-electron chi connectivity index (χ1n) is 9.55. The molecule has 5 heteroatoms. The average Bonchev–Trinajstić information content (AvgIpc) is 2.73. The topological polar surface area (TPSA) is 59.4 Å². The van der Waals surface area contributed by atoms with Gasteiger partial charge in [-0.25, -0.2) is 0 Å². The van der Waals surface area contributed by atoms with Crippen LogP contribution in [0, 0.1) is 11.3 Å². The minimum Gasteiger partial charge on any atom is -0.382 e. The van der Waals surface area contributed by atoms with E-state index in [-0.39, 0.29) is 11.9 Å². The number of nitrogens with zero attached hydrogens (tertiary/aromatic N) is 2. The Kier molecular flexibility index (Phi) is 4.28. The lowest BCUT2D eigenvalue weighted by atomic mass is 9.83. The van der Waals surface area contributed by atoms with Crippen LogP contribution >= 0.6 is 0 Å². The van der Waals surface area contributed by atoms with Crippen molar-refractivity contribution in [2.45, 2.75) is 45.2 Å². The Bertz CT molecular complexity index is 691. The number of hydrogen-bond acceptors (Lipinski definition) is 4. The first kappa shape index (κ1) is 16.6. The molecule has 0 saturated carbocycles. The van der Waals surface area contributed by atoms with Gasteiger partial charge in [-0.15, -0.1) is 0 Å². The van der Waals surface area contributed by atoms with Crippen molar-refractivity contribution in [1.29, 1.82) is 5.41 Å². The third kappa shape index (κ3) is 2.95. The van der Waals surface area contributed by atoms with Gasteiger partial charge in [0.25, 0.3) is 5.91 Å². The number of benzene rings is 1. The van der Waals surface area contributed by atoms with E-state index >= 15 is 0 Å². The molecule has 0 aliphatic carbocycles. The summed E-state index contributed by atoms with van der Waals surface area (Å²) < 4.78 is 0. The Morgan fingerprint density at radius 3 is 2.60 bits per heavy atom. The number of piperidine rings is 3. The lowest BCUT2D eigenvalue weighted by molar-refractivity contribution is 0.00868. The van der Waals surface area contributed by atoms with E-state index in [0.29, 0.717) is 36.2 Å². The van der Waals surface area contributed by atoms with Crippen LogP contribution in [0.2, 0.25) is 0 Å². The summed E-state index contributed by atoms with van der Waals surface area (Å²) in [4.78, 5) is 17.9. The highest BCUT2D eigenvalue weighted by atomic mass is 16.2. The molecule has 2 N–H and O–H groups in total. The van der Waals surface area contributed by atoms with Gasteiger partial charge in [0.05, 0.1) is 5.56 Å². The Balaban J connectivity index is 1.69. The van der Waals surface area contributed by atoms with Crippen LogP contribution in [0.5, 0.6) is 0 Å². The molecule has 0 spiro atoms. The van der Waals surface area contributed by atoms with E-state index in [1.54, 1.807) is 0 Å². The molecule has 3 fully saturated rings. The van der Waals surface area contributed by atoms with Gasteiger partial charge in [-0.05, 0) is 57.8 Å². The second-order valence-corrected chi connectivity index (χ2v) is 7.96. The number of amides is 1. The summed E-state index contributed by atoms with van der Waals surface area (Å²) in [5.41, 5.74) is 3.01. The molecule has 1 atom stereocenters. The number of anilines is 1. The van der Waals surface area contributed by atoms with E-state index in [1.165, 1.54) is 25.9 Å². The van der Waals surface area contributed by atoms with E-state index in [0.717, 1.165) is 17.8 Å². The standard InChI is InChI=1S/C20H28N4O/c1-13(2)22-17-5-3-4-15-19(17)16(21)8-11-24(20(15)25)18-12-23-9-6-14(18)7-10-23/h3-5,13-14,18,21-22H,6-12H2,1-2H3. The Labute approximate surface area is 149 Å². The summed E-state index contributed by atoms with van der Waals surface area (Å²) in [6.07, 6.45) is 3.04. The predicted octanol–water partition coefficient (Wildman–Crippen LogP) is 2.81. The van der Waals surface area contributed by atoms with Crippen LogP contribution in [0.1, 0.15) is 49.0 Å². The predicted molar refractivity (Wildman–Crippen MR) is 101 cm³/mol. The molecule has 4 heterocycles. The molecular formula is C20H28N4O. The van der Waals surface area contributed by atoms with Gasteiger partial charge in [-0.2, -0.15) is 0 Å². The van der Waals surface area contributed by atoms with Crippen molar-refractivity contribution < 1.29 is 4.79 Å². The zero-order valence-corrected chi connectivity index (χ0v) is 15.2. The summed E-state index contributed by atoms with van der Waals surface area (Å²) in [5, 5.41) is 12.0. The third-order valence-corrected chi connectivity index (χ3v) is 5.93.